The van der Waals surface area contributed by atoms with Gasteiger partial charge in [-0.25, -0.2) is 0 Å². The quantitative estimate of drug-likeness (QED) is 0.727. The minimum Gasteiger partial charge on any atom is -0.468 e. The third kappa shape index (κ3) is 4.17. The third-order valence-electron chi connectivity index (χ3n) is 4.59. The highest BCUT2D eigenvalue weighted by Crippen LogP contribution is 2.21. The van der Waals surface area contributed by atoms with Crippen molar-refractivity contribution in [3.63, 3.8) is 0 Å². The summed E-state index contributed by atoms with van der Waals surface area (Å²) >= 11 is 0. The third-order valence-corrected chi connectivity index (χ3v) is 4.59. The van der Waals surface area contributed by atoms with Crippen LogP contribution in [0.1, 0.15) is 32.6 Å². The summed E-state index contributed by atoms with van der Waals surface area (Å²) in [4.78, 5) is 16.8. The Morgan fingerprint density at radius 3 is 2.95 bits per heavy atom. The summed E-state index contributed by atoms with van der Waals surface area (Å²) in [5.74, 6) is -0.136. The summed E-state index contributed by atoms with van der Waals surface area (Å²) in [6.45, 7) is 8.58. The Morgan fingerprint density at radius 1 is 1.35 bits per heavy atom. The number of esters is 1. The van der Waals surface area contributed by atoms with Crippen LogP contribution in [-0.2, 0) is 9.53 Å². The fraction of sp³-hybridized carbons (Fsp3) is 0.933. The van der Waals surface area contributed by atoms with Crippen molar-refractivity contribution in [2.45, 2.75) is 44.7 Å². The number of hydrogen-bond acceptors (Lipinski definition) is 5. The Kier molecular flexibility index (Phi) is 6.26. The number of piperidine rings is 1. The SMILES string of the molecule is CCNC(CCN1CCN2CCCCC2C1)C(=O)OC. The highest BCUT2D eigenvalue weighted by molar-refractivity contribution is 5.75. The van der Waals surface area contributed by atoms with E-state index in [-0.39, 0.29) is 12.0 Å². The first-order chi connectivity index (χ1) is 9.74. The van der Waals surface area contributed by atoms with E-state index < -0.39 is 0 Å². The molecule has 2 rings (SSSR count). The van der Waals surface area contributed by atoms with Crippen molar-refractivity contribution in [3.8, 4) is 0 Å². The minimum absolute atomic E-state index is 0.136. The van der Waals surface area contributed by atoms with E-state index in [1.165, 1.54) is 46.0 Å². The van der Waals surface area contributed by atoms with Crippen LogP contribution in [0.2, 0.25) is 0 Å². The Hall–Kier alpha value is -0.650. The lowest BCUT2D eigenvalue weighted by Crippen LogP contribution is -2.55. The summed E-state index contributed by atoms with van der Waals surface area (Å²) in [6.07, 6.45) is 4.91. The van der Waals surface area contributed by atoms with E-state index >= 15 is 0 Å². The lowest BCUT2D eigenvalue weighted by atomic mass is 9.99. The number of carbonyl (C=O) groups is 1. The average molecular weight is 283 g/mol. The number of hydrogen-bond donors (Lipinski definition) is 1. The van der Waals surface area contributed by atoms with E-state index in [0.29, 0.717) is 0 Å². The molecule has 5 nitrogen and oxygen atoms in total. The van der Waals surface area contributed by atoms with Gasteiger partial charge in [-0.3, -0.25) is 9.69 Å². The number of nitrogens with one attached hydrogen (secondary N) is 1. The maximum Gasteiger partial charge on any atom is 0.322 e. The molecule has 2 heterocycles. The largest absolute Gasteiger partial charge is 0.468 e. The second-order valence-corrected chi connectivity index (χ2v) is 5.91. The van der Waals surface area contributed by atoms with E-state index in [4.69, 9.17) is 4.74 Å². The van der Waals surface area contributed by atoms with E-state index in [1.807, 2.05) is 6.92 Å². The van der Waals surface area contributed by atoms with Crippen LogP contribution in [0.15, 0.2) is 0 Å². The summed E-state index contributed by atoms with van der Waals surface area (Å²) in [7, 11) is 1.47. The van der Waals surface area contributed by atoms with Crippen LogP contribution in [-0.4, -0.2) is 74.2 Å². The normalized spacial score (nSPS) is 26.0. The fourth-order valence-electron chi connectivity index (χ4n) is 3.43. The van der Waals surface area contributed by atoms with Crippen molar-refractivity contribution in [1.29, 1.82) is 0 Å². The molecule has 1 N–H and O–H groups in total. The van der Waals surface area contributed by atoms with E-state index in [0.717, 1.165) is 32.1 Å². The predicted molar refractivity (Wildman–Crippen MR) is 79.7 cm³/mol. The molecule has 2 aliphatic heterocycles. The number of carbonyl (C=O) groups excluding carboxylic acids is 1. The maximum absolute atomic E-state index is 11.7. The predicted octanol–water partition coefficient (Wildman–Crippen LogP) is 0.698. The summed E-state index contributed by atoms with van der Waals surface area (Å²) in [5, 5.41) is 3.22. The highest BCUT2D eigenvalue weighted by atomic mass is 16.5. The number of fused-ring (bicyclic) bond motifs is 1. The van der Waals surface area contributed by atoms with Gasteiger partial charge in [0.1, 0.15) is 6.04 Å². The molecule has 2 atom stereocenters. The first kappa shape index (κ1) is 15.7. The van der Waals surface area contributed by atoms with Crippen molar-refractivity contribution in [1.82, 2.24) is 15.1 Å². The molecular formula is C15H29N3O2. The molecule has 2 unspecified atom stereocenters. The molecule has 0 aromatic heterocycles. The molecule has 2 saturated heterocycles. The van der Waals surface area contributed by atoms with Crippen molar-refractivity contribution < 1.29 is 9.53 Å². The van der Waals surface area contributed by atoms with E-state index in [2.05, 4.69) is 15.1 Å². The highest BCUT2D eigenvalue weighted by Gasteiger charge is 2.29. The van der Waals surface area contributed by atoms with Crippen molar-refractivity contribution in [2.75, 3.05) is 46.4 Å². The molecular weight excluding hydrogens is 254 g/mol. The summed E-state index contributed by atoms with van der Waals surface area (Å²) in [5.41, 5.74) is 0. The Balaban J connectivity index is 1.76. The number of methoxy groups -OCH3 is 1. The van der Waals surface area contributed by atoms with Gasteiger partial charge in [-0.1, -0.05) is 13.3 Å². The minimum atomic E-state index is -0.158. The van der Waals surface area contributed by atoms with Gasteiger partial charge in [0.15, 0.2) is 0 Å². The van der Waals surface area contributed by atoms with Gasteiger partial charge in [0, 0.05) is 32.2 Å². The van der Waals surface area contributed by atoms with Crippen LogP contribution in [0.25, 0.3) is 0 Å². The van der Waals surface area contributed by atoms with Gasteiger partial charge in [-0.15, -0.1) is 0 Å². The van der Waals surface area contributed by atoms with Gasteiger partial charge in [-0.2, -0.15) is 0 Å². The second kappa shape index (κ2) is 7.96. The number of piperazine rings is 1. The number of ether oxygens (including phenoxy) is 1. The van der Waals surface area contributed by atoms with Gasteiger partial charge in [-0.05, 0) is 32.4 Å². The standard InChI is InChI=1S/C15H29N3O2/c1-3-16-14(15(19)20-2)7-9-17-10-11-18-8-5-4-6-13(18)12-17/h13-14,16H,3-12H2,1-2H3. The second-order valence-electron chi connectivity index (χ2n) is 5.91. The topological polar surface area (TPSA) is 44.8 Å². The van der Waals surface area contributed by atoms with Gasteiger partial charge in [0.05, 0.1) is 7.11 Å². The Morgan fingerprint density at radius 2 is 2.20 bits per heavy atom. The van der Waals surface area contributed by atoms with Gasteiger partial charge in [0.2, 0.25) is 0 Å². The molecule has 0 aromatic rings. The van der Waals surface area contributed by atoms with Gasteiger partial charge >= 0.3 is 5.97 Å². The molecule has 0 radical (unpaired) electrons. The maximum atomic E-state index is 11.7. The molecule has 20 heavy (non-hydrogen) atoms. The van der Waals surface area contributed by atoms with Gasteiger partial charge < -0.3 is 15.0 Å². The van der Waals surface area contributed by atoms with Crippen molar-refractivity contribution >= 4 is 5.97 Å². The molecule has 116 valence electrons. The van der Waals surface area contributed by atoms with Crippen LogP contribution < -0.4 is 5.32 Å². The lowest BCUT2D eigenvalue weighted by molar-refractivity contribution is -0.143. The molecule has 2 aliphatic rings. The van der Waals surface area contributed by atoms with Crippen LogP contribution in [0.4, 0.5) is 0 Å². The molecule has 0 saturated carbocycles. The summed E-state index contributed by atoms with van der Waals surface area (Å²) in [6, 6.07) is 0.586. The molecule has 5 heteroatoms. The van der Waals surface area contributed by atoms with Crippen LogP contribution in [0.3, 0.4) is 0 Å². The Bertz CT molecular complexity index is 311. The van der Waals surface area contributed by atoms with Crippen LogP contribution in [0, 0.1) is 0 Å². The number of rotatable bonds is 6. The zero-order valence-corrected chi connectivity index (χ0v) is 12.9. The smallest absolute Gasteiger partial charge is 0.322 e. The molecule has 0 amide bonds. The lowest BCUT2D eigenvalue weighted by Gasteiger charge is -2.44. The molecule has 0 spiro atoms. The van der Waals surface area contributed by atoms with Crippen molar-refractivity contribution in [2.24, 2.45) is 0 Å². The molecule has 0 aromatic carbocycles. The first-order valence-electron chi connectivity index (χ1n) is 8.02. The average Bonchev–Trinajstić information content (AvgIpc) is 2.50. The number of likely N-dealkylation sites (N-methyl/N-ethyl adjacent to an activating group) is 1. The van der Waals surface area contributed by atoms with Crippen LogP contribution >= 0.6 is 0 Å². The van der Waals surface area contributed by atoms with E-state index in [9.17, 15) is 4.79 Å². The molecule has 0 bridgehead atoms. The fourth-order valence-corrected chi connectivity index (χ4v) is 3.43. The monoisotopic (exact) mass is 283 g/mol. The Labute approximate surface area is 122 Å². The molecule has 2 fully saturated rings. The van der Waals surface area contributed by atoms with Crippen molar-refractivity contribution in [3.05, 3.63) is 0 Å². The number of nitrogens with zero attached hydrogens (tertiary/aromatic N) is 2. The van der Waals surface area contributed by atoms with Gasteiger partial charge in [0.25, 0.3) is 0 Å². The zero-order chi connectivity index (χ0) is 14.4. The molecule has 0 aliphatic carbocycles. The summed E-state index contributed by atoms with van der Waals surface area (Å²) < 4.78 is 4.86. The first-order valence-corrected chi connectivity index (χ1v) is 8.02. The van der Waals surface area contributed by atoms with E-state index in [1.54, 1.807) is 0 Å². The zero-order valence-electron chi connectivity index (χ0n) is 12.9. The van der Waals surface area contributed by atoms with Crippen LogP contribution in [0.5, 0.6) is 0 Å².